The van der Waals surface area contributed by atoms with Gasteiger partial charge in [-0.15, -0.1) is 0 Å². The zero-order chi connectivity index (χ0) is 21.5. The summed E-state index contributed by atoms with van der Waals surface area (Å²) < 4.78 is 0. The highest BCUT2D eigenvalue weighted by Crippen LogP contribution is 2.15. The van der Waals surface area contributed by atoms with E-state index < -0.39 is 0 Å². The summed E-state index contributed by atoms with van der Waals surface area (Å²) in [6, 6.07) is 24.2. The Morgan fingerprint density at radius 1 is 0.806 bits per heavy atom. The molecule has 0 spiro atoms. The molecule has 1 aliphatic rings. The normalized spacial score (nSPS) is 14.3. The minimum absolute atomic E-state index is 0.186. The Kier molecular flexibility index (Phi) is 6.38. The van der Waals surface area contributed by atoms with Gasteiger partial charge in [0.05, 0.1) is 0 Å². The van der Waals surface area contributed by atoms with Gasteiger partial charge < -0.3 is 15.1 Å². The Balaban J connectivity index is 1.50. The fraction of sp³-hybridized carbons (Fsp3) is 0.160. The van der Waals surface area contributed by atoms with E-state index in [1.54, 1.807) is 41.4 Å². The third-order valence-electron chi connectivity index (χ3n) is 5.17. The number of pyridine rings is 1. The Hall–Kier alpha value is -3.93. The highest BCUT2D eigenvalue weighted by Gasteiger charge is 2.25. The molecule has 0 bridgehead atoms. The number of piperazine rings is 1. The number of aromatic nitrogens is 1. The molecule has 1 aromatic heterocycles. The number of amides is 2. The first-order valence-corrected chi connectivity index (χ1v) is 10.3. The number of rotatable bonds is 5. The lowest BCUT2D eigenvalue weighted by Crippen LogP contribution is -2.50. The molecule has 0 aliphatic carbocycles. The fourth-order valence-electron chi connectivity index (χ4n) is 3.50. The van der Waals surface area contributed by atoms with Crippen LogP contribution in [-0.2, 0) is 4.79 Å². The molecule has 6 nitrogen and oxygen atoms in total. The van der Waals surface area contributed by atoms with Crippen LogP contribution in [0.4, 0.5) is 5.82 Å². The van der Waals surface area contributed by atoms with Crippen molar-refractivity contribution in [2.45, 2.75) is 0 Å². The number of hydrogen-bond donors (Lipinski definition) is 1. The zero-order valence-electron chi connectivity index (χ0n) is 17.1. The second-order valence-corrected chi connectivity index (χ2v) is 7.26. The van der Waals surface area contributed by atoms with E-state index in [4.69, 9.17) is 0 Å². The molecule has 0 radical (unpaired) electrons. The van der Waals surface area contributed by atoms with Crippen molar-refractivity contribution in [3.05, 3.63) is 102 Å². The molecule has 4 rings (SSSR count). The lowest BCUT2D eigenvalue weighted by molar-refractivity contribution is -0.127. The minimum Gasteiger partial charge on any atom is -0.353 e. The molecule has 2 aromatic carbocycles. The van der Waals surface area contributed by atoms with Crippen LogP contribution < -0.4 is 10.2 Å². The molecule has 6 heteroatoms. The molecule has 0 atom stereocenters. The average molecular weight is 412 g/mol. The van der Waals surface area contributed by atoms with Gasteiger partial charge in [0.1, 0.15) is 11.5 Å². The molecule has 1 fully saturated rings. The van der Waals surface area contributed by atoms with Crippen LogP contribution >= 0.6 is 0 Å². The number of benzene rings is 2. The highest BCUT2D eigenvalue weighted by atomic mass is 16.2. The quantitative estimate of drug-likeness (QED) is 0.654. The molecule has 3 aromatic rings. The molecular formula is C25H24N4O2. The molecule has 0 unspecified atom stereocenters. The summed E-state index contributed by atoms with van der Waals surface area (Å²) >= 11 is 0. The lowest BCUT2D eigenvalue weighted by atomic mass is 10.1. The van der Waals surface area contributed by atoms with Crippen molar-refractivity contribution < 1.29 is 9.59 Å². The van der Waals surface area contributed by atoms with Crippen LogP contribution in [0.25, 0.3) is 6.08 Å². The average Bonchev–Trinajstić information content (AvgIpc) is 2.85. The number of nitrogens with zero attached hydrogens (tertiary/aromatic N) is 3. The maximum atomic E-state index is 13.3. The lowest BCUT2D eigenvalue weighted by Gasteiger charge is -2.35. The number of carbonyl (C=O) groups is 2. The summed E-state index contributed by atoms with van der Waals surface area (Å²) in [6.07, 6.45) is 3.50. The molecule has 2 amide bonds. The molecule has 2 heterocycles. The molecule has 0 saturated carbocycles. The van der Waals surface area contributed by atoms with Crippen molar-refractivity contribution in [2.24, 2.45) is 0 Å². The predicted octanol–water partition coefficient (Wildman–Crippen LogP) is 3.20. The molecular weight excluding hydrogens is 388 g/mol. The largest absolute Gasteiger partial charge is 0.353 e. The monoisotopic (exact) mass is 412 g/mol. The first-order valence-electron chi connectivity index (χ1n) is 10.3. The van der Waals surface area contributed by atoms with Crippen LogP contribution in [0.2, 0.25) is 0 Å². The first kappa shape index (κ1) is 20.3. The van der Waals surface area contributed by atoms with Crippen molar-refractivity contribution >= 4 is 23.7 Å². The van der Waals surface area contributed by atoms with E-state index in [1.165, 1.54) is 0 Å². The molecule has 31 heavy (non-hydrogen) atoms. The Bertz CT molecular complexity index is 1040. The maximum Gasteiger partial charge on any atom is 0.270 e. The molecule has 1 saturated heterocycles. The standard InChI is InChI=1S/C25H24N4O2/c30-24(21-11-5-2-6-12-21)27-22(19-20-9-3-1-4-10-20)25(31)29-17-15-28(16-18-29)23-13-7-8-14-26-23/h1-14,19H,15-18H2,(H,27,30). The van der Waals surface area contributed by atoms with Crippen LogP contribution in [0.15, 0.2) is 90.8 Å². The third kappa shape index (κ3) is 5.17. The number of anilines is 1. The van der Waals surface area contributed by atoms with E-state index in [9.17, 15) is 9.59 Å². The van der Waals surface area contributed by atoms with Gasteiger partial charge in [-0.05, 0) is 35.9 Å². The maximum absolute atomic E-state index is 13.3. The number of carbonyl (C=O) groups excluding carboxylic acids is 2. The summed E-state index contributed by atoms with van der Waals surface area (Å²) in [5.74, 6) is 0.420. The number of hydrogen-bond acceptors (Lipinski definition) is 4. The van der Waals surface area contributed by atoms with Crippen LogP contribution in [0.1, 0.15) is 15.9 Å². The van der Waals surface area contributed by atoms with Gasteiger partial charge in [-0.3, -0.25) is 9.59 Å². The van der Waals surface area contributed by atoms with Crippen LogP contribution in [0.3, 0.4) is 0 Å². The number of nitrogens with one attached hydrogen (secondary N) is 1. The van der Waals surface area contributed by atoms with Gasteiger partial charge in [-0.25, -0.2) is 4.98 Å². The fourth-order valence-corrected chi connectivity index (χ4v) is 3.50. The van der Waals surface area contributed by atoms with Gasteiger partial charge in [0.2, 0.25) is 0 Å². The van der Waals surface area contributed by atoms with Gasteiger partial charge in [0, 0.05) is 37.9 Å². The summed E-state index contributed by atoms with van der Waals surface area (Å²) in [5, 5.41) is 2.83. The van der Waals surface area contributed by atoms with Gasteiger partial charge in [-0.2, -0.15) is 0 Å². The SMILES string of the molecule is O=C(NC(=Cc1ccccc1)C(=O)N1CCN(c2ccccn2)CC1)c1ccccc1. The Morgan fingerprint density at radius 3 is 2.10 bits per heavy atom. The van der Waals surface area contributed by atoms with Gasteiger partial charge in [0.15, 0.2) is 0 Å². The van der Waals surface area contributed by atoms with E-state index >= 15 is 0 Å². The van der Waals surface area contributed by atoms with Gasteiger partial charge >= 0.3 is 0 Å². The van der Waals surface area contributed by atoms with Crippen molar-refractivity contribution in [3.8, 4) is 0 Å². The van der Waals surface area contributed by atoms with Crippen LogP contribution in [-0.4, -0.2) is 47.9 Å². The highest BCUT2D eigenvalue weighted by molar-refractivity contribution is 6.05. The summed E-state index contributed by atoms with van der Waals surface area (Å²) in [4.78, 5) is 34.4. The van der Waals surface area contributed by atoms with E-state index in [2.05, 4.69) is 15.2 Å². The first-order chi connectivity index (χ1) is 15.2. The van der Waals surface area contributed by atoms with Crippen LogP contribution in [0, 0.1) is 0 Å². The van der Waals surface area contributed by atoms with Crippen molar-refractivity contribution in [1.29, 1.82) is 0 Å². The Morgan fingerprint density at radius 2 is 1.45 bits per heavy atom. The van der Waals surface area contributed by atoms with E-state index in [0.717, 1.165) is 11.4 Å². The third-order valence-corrected chi connectivity index (χ3v) is 5.17. The second-order valence-electron chi connectivity index (χ2n) is 7.26. The molecule has 1 N–H and O–H groups in total. The summed E-state index contributed by atoms with van der Waals surface area (Å²) in [7, 11) is 0. The molecule has 1 aliphatic heterocycles. The van der Waals surface area contributed by atoms with Gasteiger partial charge in [-0.1, -0.05) is 54.6 Å². The topological polar surface area (TPSA) is 65.5 Å². The molecule has 156 valence electrons. The zero-order valence-corrected chi connectivity index (χ0v) is 17.1. The predicted molar refractivity (Wildman–Crippen MR) is 121 cm³/mol. The second kappa shape index (κ2) is 9.71. The van der Waals surface area contributed by atoms with Gasteiger partial charge in [0.25, 0.3) is 11.8 Å². The van der Waals surface area contributed by atoms with E-state index in [-0.39, 0.29) is 17.5 Å². The van der Waals surface area contributed by atoms with Crippen molar-refractivity contribution in [2.75, 3.05) is 31.1 Å². The smallest absolute Gasteiger partial charge is 0.270 e. The van der Waals surface area contributed by atoms with Crippen molar-refractivity contribution in [3.63, 3.8) is 0 Å². The van der Waals surface area contributed by atoms with Crippen LogP contribution in [0.5, 0.6) is 0 Å². The summed E-state index contributed by atoms with van der Waals surface area (Å²) in [5.41, 5.74) is 1.63. The van der Waals surface area contributed by atoms with E-state index in [0.29, 0.717) is 31.7 Å². The van der Waals surface area contributed by atoms with E-state index in [1.807, 2.05) is 54.6 Å². The minimum atomic E-state index is -0.303. The Labute approximate surface area is 181 Å². The van der Waals surface area contributed by atoms with Crippen molar-refractivity contribution in [1.82, 2.24) is 15.2 Å². The summed E-state index contributed by atoms with van der Waals surface area (Å²) in [6.45, 7) is 2.49.